The van der Waals surface area contributed by atoms with Crippen molar-refractivity contribution in [1.82, 2.24) is 0 Å². The predicted octanol–water partition coefficient (Wildman–Crippen LogP) is 4.14. The Kier molecular flexibility index (Phi) is 6.03. The van der Waals surface area contributed by atoms with E-state index in [2.05, 4.69) is 17.6 Å². The summed E-state index contributed by atoms with van der Waals surface area (Å²) in [5, 5.41) is 6.09. The fraction of sp³-hybridized carbons (Fsp3) is 0.316. The van der Waals surface area contributed by atoms with E-state index in [1.807, 2.05) is 56.3 Å². The van der Waals surface area contributed by atoms with E-state index in [1.54, 1.807) is 0 Å². The van der Waals surface area contributed by atoms with E-state index in [-0.39, 0.29) is 12.5 Å². The van der Waals surface area contributed by atoms with Crippen molar-refractivity contribution in [2.24, 2.45) is 0 Å². The summed E-state index contributed by atoms with van der Waals surface area (Å²) in [5.41, 5.74) is 3.89. The van der Waals surface area contributed by atoms with Crippen LogP contribution in [-0.2, 0) is 4.79 Å². The second kappa shape index (κ2) is 8.22. The topological polar surface area (TPSA) is 50.4 Å². The first-order valence-corrected chi connectivity index (χ1v) is 7.93. The van der Waals surface area contributed by atoms with Crippen molar-refractivity contribution in [3.63, 3.8) is 0 Å². The molecule has 0 aliphatic carbocycles. The zero-order chi connectivity index (χ0) is 16.7. The van der Waals surface area contributed by atoms with Gasteiger partial charge in [0.25, 0.3) is 0 Å². The number of rotatable bonds is 7. The number of para-hydroxylation sites is 1. The number of benzene rings is 2. The Morgan fingerprint density at radius 3 is 2.48 bits per heavy atom. The molecule has 2 aromatic carbocycles. The van der Waals surface area contributed by atoms with Crippen molar-refractivity contribution < 1.29 is 9.53 Å². The van der Waals surface area contributed by atoms with Crippen LogP contribution in [0.2, 0.25) is 0 Å². The summed E-state index contributed by atoms with van der Waals surface area (Å²) in [6.07, 6.45) is 0.968. The number of anilines is 2. The third-order valence-corrected chi connectivity index (χ3v) is 3.51. The highest BCUT2D eigenvalue weighted by atomic mass is 16.5. The molecule has 0 saturated carbocycles. The maximum Gasteiger partial charge on any atom is 0.243 e. The Morgan fingerprint density at radius 2 is 1.78 bits per heavy atom. The third kappa shape index (κ3) is 5.02. The van der Waals surface area contributed by atoms with E-state index in [0.717, 1.165) is 34.7 Å². The van der Waals surface area contributed by atoms with Crippen molar-refractivity contribution in [1.29, 1.82) is 0 Å². The molecule has 0 aromatic heterocycles. The molecule has 0 fully saturated rings. The number of amides is 1. The Bertz CT molecular complexity index is 648. The second-order valence-electron chi connectivity index (χ2n) is 5.54. The largest absolute Gasteiger partial charge is 0.494 e. The average Bonchev–Trinajstić information content (AvgIpc) is 2.55. The van der Waals surface area contributed by atoms with Crippen LogP contribution in [0.5, 0.6) is 5.75 Å². The molecule has 0 radical (unpaired) electrons. The fourth-order valence-corrected chi connectivity index (χ4v) is 2.29. The van der Waals surface area contributed by atoms with Gasteiger partial charge in [-0.2, -0.15) is 0 Å². The van der Waals surface area contributed by atoms with Crippen LogP contribution in [-0.4, -0.2) is 19.1 Å². The van der Waals surface area contributed by atoms with Crippen LogP contribution in [0, 0.1) is 13.8 Å². The molecule has 2 N–H and O–H groups in total. The number of hydrogen-bond donors (Lipinski definition) is 2. The molecular formula is C19H24N2O2. The molecule has 0 saturated heterocycles. The molecule has 23 heavy (non-hydrogen) atoms. The van der Waals surface area contributed by atoms with Gasteiger partial charge in [0.1, 0.15) is 5.75 Å². The summed E-state index contributed by atoms with van der Waals surface area (Å²) < 4.78 is 5.59. The van der Waals surface area contributed by atoms with Gasteiger partial charge in [0.15, 0.2) is 0 Å². The van der Waals surface area contributed by atoms with Crippen molar-refractivity contribution in [3.8, 4) is 5.75 Å². The molecule has 4 nitrogen and oxygen atoms in total. The molecule has 122 valence electrons. The van der Waals surface area contributed by atoms with E-state index >= 15 is 0 Å². The van der Waals surface area contributed by atoms with Gasteiger partial charge in [-0.05, 0) is 43.5 Å². The quantitative estimate of drug-likeness (QED) is 0.808. The summed E-state index contributed by atoms with van der Waals surface area (Å²) in [5.74, 6) is 0.745. The van der Waals surface area contributed by atoms with Gasteiger partial charge in [-0.1, -0.05) is 31.2 Å². The highest BCUT2D eigenvalue weighted by Gasteiger charge is 2.07. The Balaban J connectivity index is 1.92. The number of carbonyl (C=O) groups excluding carboxylic acids is 1. The number of hydrogen-bond acceptors (Lipinski definition) is 3. The maximum atomic E-state index is 12.1. The Hall–Kier alpha value is -2.49. The van der Waals surface area contributed by atoms with Crippen molar-refractivity contribution in [2.45, 2.75) is 27.2 Å². The summed E-state index contributed by atoms with van der Waals surface area (Å²) >= 11 is 0. The Labute approximate surface area is 137 Å². The lowest BCUT2D eigenvalue weighted by Gasteiger charge is -2.13. The third-order valence-electron chi connectivity index (χ3n) is 3.51. The smallest absolute Gasteiger partial charge is 0.243 e. The highest BCUT2D eigenvalue weighted by Crippen LogP contribution is 2.20. The van der Waals surface area contributed by atoms with Gasteiger partial charge in [0.05, 0.1) is 13.2 Å². The highest BCUT2D eigenvalue weighted by molar-refractivity contribution is 5.95. The van der Waals surface area contributed by atoms with E-state index in [1.165, 1.54) is 0 Å². The lowest BCUT2D eigenvalue weighted by molar-refractivity contribution is -0.114. The molecule has 0 heterocycles. The van der Waals surface area contributed by atoms with Crippen LogP contribution in [0.25, 0.3) is 0 Å². The Morgan fingerprint density at radius 1 is 1.09 bits per heavy atom. The molecule has 4 heteroatoms. The lowest BCUT2D eigenvalue weighted by atomic mass is 10.1. The van der Waals surface area contributed by atoms with Crippen molar-refractivity contribution in [2.75, 3.05) is 23.8 Å². The molecule has 0 spiro atoms. The first-order valence-electron chi connectivity index (χ1n) is 7.93. The van der Waals surface area contributed by atoms with E-state index in [0.29, 0.717) is 6.61 Å². The lowest BCUT2D eigenvalue weighted by Crippen LogP contribution is -2.22. The maximum absolute atomic E-state index is 12.1. The van der Waals surface area contributed by atoms with Crippen LogP contribution in [0.3, 0.4) is 0 Å². The van der Waals surface area contributed by atoms with Gasteiger partial charge in [0.2, 0.25) is 5.91 Å². The molecule has 0 bridgehead atoms. The first-order chi connectivity index (χ1) is 11.1. The van der Waals surface area contributed by atoms with E-state index < -0.39 is 0 Å². The molecule has 0 atom stereocenters. The van der Waals surface area contributed by atoms with Gasteiger partial charge < -0.3 is 15.4 Å². The normalized spacial score (nSPS) is 10.2. The molecule has 2 rings (SSSR count). The minimum atomic E-state index is -0.0673. The van der Waals surface area contributed by atoms with Crippen LogP contribution >= 0.6 is 0 Å². The number of ether oxygens (including phenoxy) is 1. The molecule has 2 aromatic rings. The monoisotopic (exact) mass is 312 g/mol. The zero-order valence-electron chi connectivity index (χ0n) is 14.0. The number of aryl methyl sites for hydroxylation is 2. The minimum Gasteiger partial charge on any atom is -0.494 e. The van der Waals surface area contributed by atoms with Crippen LogP contribution < -0.4 is 15.4 Å². The second-order valence-corrected chi connectivity index (χ2v) is 5.54. The molecule has 0 unspecified atom stereocenters. The predicted molar refractivity (Wildman–Crippen MR) is 95.3 cm³/mol. The van der Waals surface area contributed by atoms with Gasteiger partial charge in [-0.3, -0.25) is 4.79 Å². The zero-order valence-corrected chi connectivity index (χ0v) is 14.0. The minimum absolute atomic E-state index is 0.0673. The van der Waals surface area contributed by atoms with Crippen LogP contribution in [0.1, 0.15) is 24.5 Å². The molecule has 0 aliphatic rings. The molecular weight excluding hydrogens is 288 g/mol. The fourth-order valence-electron chi connectivity index (χ4n) is 2.29. The molecule has 1 amide bonds. The molecule has 0 aliphatic heterocycles. The van der Waals surface area contributed by atoms with Crippen molar-refractivity contribution in [3.05, 3.63) is 53.6 Å². The van der Waals surface area contributed by atoms with Gasteiger partial charge in [-0.25, -0.2) is 0 Å². The number of carbonyl (C=O) groups is 1. The standard InChI is InChI=1S/C19H24N2O2/c1-4-11-23-17-10-6-9-16(12-17)20-13-18(22)21-19-14(2)7-5-8-15(19)3/h5-10,12,20H,4,11,13H2,1-3H3,(H,21,22). The van der Waals surface area contributed by atoms with Gasteiger partial charge in [0, 0.05) is 17.4 Å². The summed E-state index contributed by atoms with van der Waals surface area (Å²) in [6, 6.07) is 13.6. The van der Waals surface area contributed by atoms with E-state index in [4.69, 9.17) is 4.74 Å². The van der Waals surface area contributed by atoms with Crippen LogP contribution in [0.15, 0.2) is 42.5 Å². The SMILES string of the molecule is CCCOc1cccc(NCC(=O)Nc2c(C)cccc2C)c1. The van der Waals surface area contributed by atoms with E-state index in [9.17, 15) is 4.79 Å². The van der Waals surface area contributed by atoms with Crippen molar-refractivity contribution >= 4 is 17.3 Å². The number of nitrogens with one attached hydrogen (secondary N) is 2. The van der Waals surface area contributed by atoms with Gasteiger partial charge in [-0.15, -0.1) is 0 Å². The average molecular weight is 312 g/mol. The first kappa shape index (κ1) is 16.9. The summed E-state index contributed by atoms with van der Waals surface area (Å²) in [6.45, 7) is 6.96. The summed E-state index contributed by atoms with van der Waals surface area (Å²) in [7, 11) is 0. The van der Waals surface area contributed by atoms with Gasteiger partial charge >= 0.3 is 0 Å². The summed E-state index contributed by atoms with van der Waals surface area (Å²) in [4.78, 5) is 12.1. The van der Waals surface area contributed by atoms with Crippen LogP contribution in [0.4, 0.5) is 11.4 Å².